The highest BCUT2D eigenvalue weighted by atomic mass is 32.2. The highest BCUT2D eigenvalue weighted by Gasteiger charge is 2.28. The van der Waals surface area contributed by atoms with Gasteiger partial charge in [-0.2, -0.15) is 0 Å². The molecule has 26 heavy (non-hydrogen) atoms. The van der Waals surface area contributed by atoms with Gasteiger partial charge in [-0.1, -0.05) is 29.8 Å². The zero-order chi connectivity index (χ0) is 18.6. The molecule has 0 radical (unpaired) electrons. The predicted molar refractivity (Wildman–Crippen MR) is 108 cm³/mol. The molecular formula is C21H34N2O2S. The lowest BCUT2D eigenvalue weighted by Crippen LogP contribution is -2.45. The van der Waals surface area contributed by atoms with E-state index in [0.29, 0.717) is 19.0 Å². The molecule has 0 aliphatic carbocycles. The van der Waals surface area contributed by atoms with Gasteiger partial charge in [-0.05, 0) is 75.9 Å². The summed E-state index contributed by atoms with van der Waals surface area (Å²) in [5, 5.41) is 0. The van der Waals surface area contributed by atoms with Crippen molar-refractivity contribution in [3.63, 3.8) is 0 Å². The first-order chi connectivity index (χ1) is 12.4. The molecule has 2 aliphatic heterocycles. The van der Waals surface area contributed by atoms with Crippen LogP contribution in [0.25, 0.3) is 0 Å². The SMILES string of the molecule is Cc1ccc(CCC2CCN(CC3CCCN(S(C)(=O)=O)C3)CC2)cc1. The molecule has 0 aromatic heterocycles. The zero-order valence-corrected chi connectivity index (χ0v) is 17.2. The van der Waals surface area contributed by atoms with Crippen molar-refractivity contribution in [2.45, 2.75) is 45.4 Å². The molecule has 2 aliphatic rings. The molecule has 0 spiro atoms. The minimum Gasteiger partial charge on any atom is -0.303 e. The van der Waals surface area contributed by atoms with Crippen LogP contribution < -0.4 is 0 Å². The summed E-state index contributed by atoms with van der Waals surface area (Å²) in [7, 11) is -3.03. The minimum absolute atomic E-state index is 0.502. The van der Waals surface area contributed by atoms with Gasteiger partial charge in [0.25, 0.3) is 0 Å². The summed E-state index contributed by atoms with van der Waals surface area (Å²) in [6.07, 6.45) is 8.57. The Morgan fingerprint density at radius 3 is 2.35 bits per heavy atom. The van der Waals surface area contributed by atoms with E-state index in [4.69, 9.17) is 0 Å². The van der Waals surface area contributed by atoms with Crippen LogP contribution in [0.2, 0.25) is 0 Å². The van der Waals surface area contributed by atoms with Gasteiger partial charge in [-0.3, -0.25) is 0 Å². The van der Waals surface area contributed by atoms with E-state index in [0.717, 1.165) is 18.9 Å². The Hall–Kier alpha value is -0.910. The van der Waals surface area contributed by atoms with Crippen LogP contribution in [0.1, 0.15) is 43.2 Å². The van der Waals surface area contributed by atoms with Crippen molar-refractivity contribution >= 4 is 10.0 Å². The third-order valence-corrected chi connectivity index (χ3v) is 7.41. The van der Waals surface area contributed by atoms with E-state index in [1.807, 2.05) is 0 Å². The second-order valence-electron chi connectivity index (χ2n) is 8.40. The van der Waals surface area contributed by atoms with Crippen molar-refractivity contribution < 1.29 is 8.42 Å². The molecule has 5 heteroatoms. The maximum atomic E-state index is 11.8. The molecule has 0 amide bonds. The number of likely N-dealkylation sites (tertiary alicyclic amines) is 1. The van der Waals surface area contributed by atoms with Gasteiger partial charge >= 0.3 is 0 Å². The Kier molecular flexibility index (Phi) is 6.76. The fourth-order valence-electron chi connectivity index (χ4n) is 4.43. The summed E-state index contributed by atoms with van der Waals surface area (Å²) < 4.78 is 25.2. The predicted octanol–water partition coefficient (Wildman–Crippen LogP) is 3.31. The van der Waals surface area contributed by atoms with Gasteiger partial charge in [-0.25, -0.2) is 12.7 Å². The van der Waals surface area contributed by atoms with Crippen LogP contribution in [0, 0.1) is 18.8 Å². The topological polar surface area (TPSA) is 40.6 Å². The first-order valence-electron chi connectivity index (χ1n) is 10.1. The maximum Gasteiger partial charge on any atom is 0.211 e. The van der Waals surface area contributed by atoms with E-state index < -0.39 is 10.0 Å². The summed E-state index contributed by atoms with van der Waals surface area (Å²) in [5.41, 5.74) is 2.79. The van der Waals surface area contributed by atoms with Crippen molar-refractivity contribution in [2.24, 2.45) is 11.8 Å². The molecule has 0 N–H and O–H groups in total. The Bertz CT molecular complexity index is 664. The van der Waals surface area contributed by atoms with E-state index in [1.54, 1.807) is 4.31 Å². The number of nitrogens with zero attached hydrogens (tertiary/aromatic N) is 2. The molecule has 2 saturated heterocycles. The van der Waals surface area contributed by atoms with Crippen molar-refractivity contribution in [1.29, 1.82) is 0 Å². The lowest BCUT2D eigenvalue weighted by Gasteiger charge is -2.37. The van der Waals surface area contributed by atoms with E-state index in [2.05, 4.69) is 36.1 Å². The van der Waals surface area contributed by atoms with E-state index in [-0.39, 0.29) is 0 Å². The molecule has 2 fully saturated rings. The van der Waals surface area contributed by atoms with Gasteiger partial charge in [0.1, 0.15) is 0 Å². The molecule has 146 valence electrons. The third-order valence-electron chi connectivity index (χ3n) is 6.14. The standard InChI is InChI=1S/C21H34N2O2S/c1-18-5-7-19(8-6-18)9-10-20-11-14-22(15-12-20)16-21-4-3-13-23(17-21)26(2,24)25/h5-8,20-21H,3-4,9-17H2,1-2H3. The molecule has 2 heterocycles. The van der Waals surface area contributed by atoms with E-state index in [1.165, 1.54) is 62.6 Å². The van der Waals surface area contributed by atoms with Gasteiger partial charge in [0.05, 0.1) is 6.26 Å². The fourth-order valence-corrected chi connectivity index (χ4v) is 5.37. The lowest BCUT2D eigenvalue weighted by atomic mass is 9.89. The Labute approximate surface area is 159 Å². The molecule has 1 aromatic carbocycles. The normalized spacial score (nSPS) is 24.0. The third kappa shape index (κ3) is 5.80. The molecule has 3 rings (SSSR count). The number of sulfonamides is 1. The van der Waals surface area contributed by atoms with Crippen LogP contribution >= 0.6 is 0 Å². The van der Waals surface area contributed by atoms with Crippen molar-refractivity contribution in [1.82, 2.24) is 9.21 Å². The number of hydrogen-bond donors (Lipinski definition) is 0. The van der Waals surface area contributed by atoms with Crippen LogP contribution in [0.5, 0.6) is 0 Å². The first kappa shape index (κ1) is 19.8. The number of rotatable bonds is 6. The van der Waals surface area contributed by atoms with E-state index in [9.17, 15) is 8.42 Å². The number of hydrogen-bond acceptors (Lipinski definition) is 3. The van der Waals surface area contributed by atoms with Gasteiger partial charge in [0, 0.05) is 19.6 Å². The second kappa shape index (κ2) is 8.85. The molecule has 1 atom stereocenters. The Balaban J connectivity index is 1.39. The van der Waals surface area contributed by atoms with Crippen LogP contribution in [0.4, 0.5) is 0 Å². The van der Waals surface area contributed by atoms with Gasteiger partial charge in [0.2, 0.25) is 10.0 Å². The maximum absolute atomic E-state index is 11.8. The smallest absolute Gasteiger partial charge is 0.211 e. The van der Waals surface area contributed by atoms with Crippen LogP contribution in [0.3, 0.4) is 0 Å². The van der Waals surface area contributed by atoms with Crippen LogP contribution in [0.15, 0.2) is 24.3 Å². The van der Waals surface area contributed by atoms with E-state index >= 15 is 0 Å². The highest BCUT2D eigenvalue weighted by Crippen LogP contribution is 2.25. The monoisotopic (exact) mass is 378 g/mol. The summed E-state index contributed by atoms with van der Waals surface area (Å²) in [6, 6.07) is 8.95. The van der Waals surface area contributed by atoms with Crippen molar-refractivity contribution in [3.05, 3.63) is 35.4 Å². The molecule has 0 saturated carbocycles. The van der Waals surface area contributed by atoms with Gasteiger partial charge < -0.3 is 4.90 Å². The molecule has 1 aromatic rings. The summed E-state index contributed by atoms with van der Waals surface area (Å²) in [4.78, 5) is 2.57. The largest absolute Gasteiger partial charge is 0.303 e. The molecular weight excluding hydrogens is 344 g/mol. The molecule has 1 unspecified atom stereocenters. The molecule has 4 nitrogen and oxygen atoms in total. The average molecular weight is 379 g/mol. The first-order valence-corrected chi connectivity index (χ1v) is 12.0. The second-order valence-corrected chi connectivity index (χ2v) is 10.4. The molecule has 0 bridgehead atoms. The fraction of sp³-hybridized carbons (Fsp3) is 0.714. The average Bonchev–Trinajstić information content (AvgIpc) is 2.62. The minimum atomic E-state index is -3.03. The van der Waals surface area contributed by atoms with Crippen molar-refractivity contribution in [3.8, 4) is 0 Å². The summed E-state index contributed by atoms with van der Waals surface area (Å²) >= 11 is 0. The van der Waals surface area contributed by atoms with Gasteiger partial charge in [0.15, 0.2) is 0 Å². The van der Waals surface area contributed by atoms with Gasteiger partial charge in [-0.15, -0.1) is 0 Å². The lowest BCUT2D eigenvalue weighted by molar-refractivity contribution is 0.133. The Morgan fingerprint density at radius 1 is 1.00 bits per heavy atom. The number of aryl methyl sites for hydroxylation is 2. The number of piperidine rings is 2. The summed E-state index contributed by atoms with van der Waals surface area (Å²) in [6.45, 7) is 6.97. The number of benzene rings is 1. The van der Waals surface area contributed by atoms with Crippen molar-refractivity contribution in [2.75, 3.05) is 39.0 Å². The summed E-state index contributed by atoms with van der Waals surface area (Å²) in [5.74, 6) is 1.34. The quantitative estimate of drug-likeness (QED) is 0.762. The zero-order valence-electron chi connectivity index (χ0n) is 16.4. The Morgan fingerprint density at radius 2 is 1.69 bits per heavy atom. The highest BCUT2D eigenvalue weighted by molar-refractivity contribution is 7.88. The van der Waals surface area contributed by atoms with Crippen LogP contribution in [-0.2, 0) is 16.4 Å². The van der Waals surface area contributed by atoms with Crippen LogP contribution in [-0.4, -0.2) is 56.6 Å².